The zero-order valence-electron chi connectivity index (χ0n) is 17.7. The van der Waals surface area contributed by atoms with E-state index >= 15 is 0 Å². The predicted molar refractivity (Wildman–Crippen MR) is 115 cm³/mol. The number of rotatable bonds is 4. The number of aromatic nitrogens is 5. The Kier molecular flexibility index (Phi) is 4.37. The van der Waals surface area contributed by atoms with Gasteiger partial charge in [0.2, 0.25) is 5.78 Å². The van der Waals surface area contributed by atoms with Crippen LogP contribution in [0.5, 0.6) is 0 Å². The lowest BCUT2D eigenvalue weighted by Crippen LogP contribution is -2.37. The number of benzene rings is 1. The molecule has 0 spiro atoms. The topological polar surface area (TPSA) is 78.3 Å². The molecule has 1 N–H and O–H groups in total. The Bertz CT molecular complexity index is 1380. The minimum absolute atomic E-state index is 0.329. The van der Waals surface area contributed by atoms with Crippen LogP contribution in [0.2, 0.25) is 0 Å². The highest BCUT2D eigenvalue weighted by Gasteiger charge is 2.21. The van der Waals surface area contributed by atoms with Gasteiger partial charge in [-0.25, -0.2) is 4.79 Å². The van der Waals surface area contributed by atoms with E-state index in [1.807, 2.05) is 18.2 Å². The Morgan fingerprint density at radius 1 is 1.00 bits per heavy atom. The number of hydrogen-bond donors (Lipinski definition) is 1. The molecule has 8 heteroatoms. The summed E-state index contributed by atoms with van der Waals surface area (Å²) in [4.78, 5) is 29.7. The van der Waals surface area contributed by atoms with E-state index < -0.39 is 0 Å². The van der Waals surface area contributed by atoms with Gasteiger partial charge in [0.25, 0.3) is 5.56 Å². The van der Waals surface area contributed by atoms with Gasteiger partial charge in [-0.2, -0.15) is 4.98 Å². The lowest BCUT2D eigenvalue weighted by Gasteiger charge is -2.12. The summed E-state index contributed by atoms with van der Waals surface area (Å²) in [6.45, 7) is 9.58. The van der Waals surface area contributed by atoms with Gasteiger partial charge in [0, 0.05) is 44.3 Å². The Labute approximate surface area is 168 Å². The summed E-state index contributed by atoms with van der Waals surface area (Å²) in [6, 6.07) is 6.34. The molecule has 0 aliphatic carbocycles. The average molecular weight is 394 g/mol. The maximum Gasteiger partial charge on any atom is 0.332 e. The lowest BCUT2D eigenvalue weighted by molar-refractivity contribution is 0.705. The minimum Gasteiger partial charge on any atom is -0.383 e. The van der Waals surface area contributed by atoms with Gasteiger partial charge in [0.1, 0.15) is 0 Å². The zero-order chi connectivity index (χ0) is 21.0. The van der Waals surface area contributed by atoms with Gasteiger partial charge in [0.15, 0.2) is 11.2 Å². The van der Waals surface area contributed by atoms with Crippen LogP contribution < -0.4 is 16.6 Å². The molecule has 1 aromatic carbocycles. The second kappa shape index (κ2) is 6.65. The molecule has 0 saturated carbocycles. The molecule has 8 nitrogen and oxygen atoms in total. The third kappa shape index (κ3) is 2.78. The van der Waals surface area contributed by atoms with Crippen molar-refractivity contribution in [3.63, 3.8) is 0 Å². The third-order valence-electron chi connectivity index (χ3n) is 5.78. The van der Waals surface area contributed by atoms with E-state index in [9.17, 15) is 9.59 Å². The molecule has 0 fully saturated rings. The van der Waals surface area contributed by atoms with Crippen molar-refractivity contribution < 1.29 is 0 Å². The van der Waals surface area contributed by atoms with Gasteiger partial charge in [-0.05, 0) is 39.3 Å². The lowest BCUT2D eigenvalue weighted by atomic mass is 10.1. The maximum atomic E-state index is 12.8. The molecule has 3 heterocycles. The van der Waals surface area contributed by atoms with Gasteiger partial charge >= 0.3 is 5.69 Å². The molecule has 0 bridgehead atoms. The van der Waals surface area contributed by atoms with Crippen LogP contribution >= 0.6 is 0 Å². The molecule has 0 atom stereocenters. The Morgan fingerprint density at radius 3 is 2.41 bits per heavy atom. The summed E-state index contributed by atoms with van der Waals surface area (Å²) in [6.07, 6.45) is 0. The number of hydrogen-bond acceptors (Lipinski definition) is 4. The molecule has 29 heavy (non-hydrogen) atoms. The molecule has 0 radical (unpaired) electrons. The van der Waals surface area contributed by atoms with Crippen molar-refractivity contribution >= 4 is 22.6 Å². The largest absolute Gasteiger partial charge is 0.383 e. The fourth-order valence-corrected chi connectivity index (χ4v) is 3.97. The normalized spacial score (nSPS) is 11.7. The summed E-state index contributed by atoms with van der Waals surface area (Å²) in [7, 11) is 3.14. The van der Waals surface area contributed by atoms with Crippen molar-refractivity contribution in [1.29, 1.82) is 0 Å². The monoisotopic (exact) mass is 394 g/mol. The second-order valence-corrected chi connectivity index (χ2v) is 7.69. The van der Waals surface area contributed by atoms with Crippen molar-refractivity contribution in [3.8, 4) is 0 Å². The van der Waals surface area contributed by atoms with Gasteiger partial charge in [-0.3, -0.25) is 18.3 Å². The molecule has 3 aromatic heterocycles. The van der Waals surface area contributed by atoms with Crippen molar-refractivity contribution in [2.45, 2.75) is 34.2 Å². The van der Waals surface area contributed by atoms with Gasteiger partial charge < -0.3 is 9.88 Å². The molecular formula is C21H26N6O2. The van der Waals surface area contributed by atoms with Crippen LogP contribution in [-0.4, -0.2) is 29.6 Å². The van der Waals surface area contributed by atoms with E-state index in [-0.39, 0.29) is 11.2 Å². The number of fused-ring (bicyclic) bond motifs is 3. The summed E-state index contributed by atoms with van der Waals surface area (Å²) in [5, 5.41) is 3.49. The Morgan fingerprint density at radius 2 is 1.72 bits per heavy atom. The van der Waals surface area contributed by atoms with E-state index in [1.54, 1.807) is 7.05 Å². The van der Waals surface area contributed by atoms with E-state index in [4.69, 9.17) is 0 Å². The van der Waals surface area contributed by atoms with Crippen molar-refractivity contribution in [2.75, 3.05) is 11.9 Å². The molecule has 0 aliphatic rings. The minimum atomic E-state index is -0.374. The number of nitrogens with zero attached hydrogens (tertiary/aromatic N) is 5. The number of anilines is 1. The first-order chi connectivity index (χ1) is 13.7. The molecule has 0 aliphatic heterocycles. The van der Waals surface area contributed by atoms with Crippen molar-refractivity contribution in [3.05, 3.63) is 61.6 Å². The summed E-state index contributed by atoms with van der Waals surface area (Å²) < 4.78 is 6.51. The van der Waals surface area contributed by atoms with Crippen LogP contribution in [0.1, 0.15) is 22.5 Å². The van der Waals surface area contributed by atoms with Crippen LogP contribution in [0.25, 0.3) is 16.9 Å². The Hall–Kier alpha value is -3.29. The number of imidazole rings is 2. The third-order valence-corrected chi connectivity index (χ3v) is 5.78. The molecule has 0 saturated heterocycles. The predicted octanol–water partition coefficient (Wildman–Crippen LogP) is 2.03. The van der Waals surface area contributed by atoms with Crippen LogP contribution in [0.4, 0.5) is 5.69 Å². The first kappa shape index (κ1) is 19.0. The van der Waals surface area contributed by atoms with E-state index in [0.29, 0.717) is 30.0 Å². The number of nitrogens with one attached hydrogen (secondary N) is 1. The quantitative estimate of drug-likeness (QED) is 0.575. The molecule has 0 amide bonds. The van der Waals surface area contributed by atoms with Crippen LogP contribution in [0.3, 0.4) is 0 Å². The number of aryl methyl sites for hydroxylation is 4. The average Bonchev–Trinajstić information content (AvgIpc) is 3.17. The highest BCUT2D eigenvalue weighted by molar-refractivity contribution is 5.76. The van der Waals surface area contributed by atoms with Crippen LogP contribution in [0, 0.1) is 27.7 Å². The van der Waals surface area contributed by atoms with Crippen molar-refractivity contribution in [1.82, 2.24) is 23.1 Å². The van der Waals surface area contributed by atoms with Gasteiger partial charge in [-0.15, -0.1) is 0 Å². The summed E-state index contributed by atoms with van der Waals surface area (Å²) in [5.74, 6) is 0.677. The van der Waals surface area contributed by atoms with Gasteiger partial charge in [-0.1, -0.05) is 17.7 Å². The smallest absolute Gasteiger partial charge is 0.332 e. The van der Waals surface area contributed by atoms with E-state index in [0.717, 1.165) is 21.6 Å². The van der Waals surface area contributed by atoms with Crippen molar-refractivity contribution in [2.24, 2.45) is 14.1 Å². The summed E-state index contributed by atoms with van der Waals surface area (Å²) >= 11 is 0. The molecule has 4 rings (SSSR count). The first-order valence-corrected chi connectivity index (χ1v) is 9.67. The SMILES string of the molecule is Cc1ccc(NCCn2c(C)c(C)n3c4c(=O)n(C)c(=O)n(C)c4nc23)c(C)c1. The molecule has 0 unspecified atom stereocenters. The molecular weight excluding hydrogens is 368 g/mol. The zero-order valence-corrected chi connectivity index (χ0v) is 17.7. The van der Waals surface area contributed by atoms with Crippen LogP contribution in [-0.2, 0) is 20.6 Å². The first-order valence-electron chi connectivity index (χ1n) is 9.67. The summed E-state index contributed by atoms with van der Waals surface area (Å²) in [5.41, 5.74) is 5.70. The fraction of sp³-hybridized carbons (Fsp3) is 0.381. The van der Waals surface area contributed by atoms with Crippen LogP contribution in [0.15, 0.2) is 27.8 Å². The molecule has 4 aromatic rings. The van der Waals surface area contributed by atoms with E-state index in [1.165, 1.54) is 22.7 Å². The van der Waals surface area contributed by atoms with E-state index in [2.05, 4.69) is 46.9 Å². The highest BCUT2D eigenvalue weighted by atomic mass is 16.2. The fourth-order valence-electron chi connectivity index (χ4n) is 3.97. The second-order valence-electron chi connectivity index (χ2n) is 7.69. The highest BCUT2D eigenvalue weighted by Crippen LogP contribution is 2.21. The molecule has 152 valence electrons. The Balaban J connectivity index is 1.78. The van der Waals surface area contributed by atoms with Gasteiger partial charge in [0.05, 0.1) is 0 Å². The standard InChI is InChI=1S/C21H26N6O2/c1-12-7-8-16(13(2)11-12)22-9-10-26-14(3)15(4)27-17-18(23-20(26)27)24(5)21(29)25(6)19(17)28/h7-8,11,22H,9-10H2,1-6H3. The maximum absolute atomic E-state index is 12.8.